The van der Waals surface area contributed by atoms with Crippen LogP contribution < -0.4 is 14.8 Å². The summed E-state index contributed by atoms with van der Waals surface area (Å²) in [6.45, 7) is 1.71. The van der Waals surface area contributed by atoms with E-state index < -0.39 is 0 Å². The molecule has 2 N–H and O–H groups in total. The number of amides is 1. The molecule has 2 aromatic heterocycles. The van der Waals surface area contributed by atoms with Crippen molar-refractivity contribution in [2.24, 2.45) is 0 Å². The van der Waals surface area contributed by atoms with Gasteiger partial charge in [-0.25, -0.2) is 4.98 Å². The van der Waals surface area contributed by atoms with E-state index in [1.165, 1.54) is 23.1 Å². The Hall–Kier alpha value is -3.07. The molecule has 0 radical (unpaired) electrons. The predicted octanol–water partition coefficient (Wildman–Crippen LogP) is 3.14. The SMILES string of the molecule is COc1cc(OC)cc(-c2nc(SCC(=O)Nc3sc4c(c3C#N)CCN(C)C4)n[nH]2)c1. The molecular weight excluding hydrogens is 448 g/mol. The molecule has 0 saturated carbocycles. The maximum Gasteiger partial charge on any atom is 0.235 e. The number of thioether (sulfide) groups is 1. The maximum absolute atomic E-state index is 12.5. The zero-order valence-electron chi connectivity index (χ0n) is 17.9. The number of H-pyrrole nitrogens is 1. The van der Waals surface area contributed by atoms with E-state index in [0.717, 1.165) is 35.5 Å². The summed E-state index contributed by atoms with van der Waals surface area (Å²) in [5.74, 6) is 1.76. The first kappa shape index (κ1) is 22.1. The molecule has 0 atom stereocenters. The molecule has 0 unspecified atom stereocenters. The van der Waals surface area contributed by atoms with Gasteiger partial charge in [-0.05, 0) is 31.2 Å². The first-order chi connectivity index (χ1) is 15.5. The number of carbonyl (C=O) groups excluding carboxylic acids is 1. The second kappa shape index (κ2) is 9.60. The van der Waals surface area contributed by atoms with Gasteiger partial charge in [0.15, 0.2) is 5.82 Å². The highest BCUT2D eigenvalue weighted by Crippen LogP contribution is 2.36. The third-order valence-electron chi connectivity index (χ3n) is 5.03. The van der Waals surface area contributed by atoms with Gasteiger partial charge in [0, 0.05) is 29.6 Å². The Bertz CT molecular complexity index is 1160. The number of methoxy groups -OCH3 is 2. The van der Waals surface area contributed by atoms with Gasteiger partial charge in [-0.3, -0.25) is 9.89 Å². The minimum atomic E-state index is -0.201. The van der Waals surface area contributed by atoms with Gasteiger partial charge in [0.1, 0.15) is 22.6 Å². The number of aromatic amines is 1. The van der Waals surface area contributed by atoms with E-state index in [0.29, 0.717) is 33.0 Å². The van der Waals surface area contributed by atoms with Crippen molar-refractivity contribution in [2.75, 3.05) is 38.9 Å². The minimum absolute atomic E-state index is 0.131. The highest BCUT2D eigenvalue weighted by atomic mass is 32.2. The standard InChI is InChI=1S/C21H22N6O3S2/c1-27-5-4-15-16(9-22)20(32-17(15)10-27)23-18(28)11-31-21-24-19(25-26-21)12-6-13(29-2)8-14(7-12)30-3/h6-8H,4-5,10-11H2,1-3H3,(H,23,28)(H,24,25,26). The van der Waals surface area contributed by atoms with E-state index in [1.807, 2.05) is 12.1 Å². The van der Waals surface area contributed by atoms with Crippen LogP contribution in [0.1, 0.15) is 16.0 Å². The largest absolute Gasteiger partial charge is 0.497 e. The fourth-order valence-electron chi connectivity index (χ4n) is 3.41. The number of aromatic nitrogens is 3. The molecule has 1 aliphatic rings. The minimum Gasteiger partial charge on any atom is -0.497 e. The quantitative estimate of drug-likeness (QED) is 0.506. The second-order valence-corrected chi connectivity index (χ2v) is 9.26. The van der Waals surface area contributed by atoms with Gasteiger partial charge >= 0.3 is 0 Å². The molecule has 0 fully saturated rings. The van der Waals surface area contributed by atoms with Crippen molar-refractivity contribution in [2.45, 2.75) is 18.1 Å². The molecule has 0 aliphatic carbocycles. The maximum atomic E-state index is 12.5. The van der Waals surface area contributed by atoms with Crippen molar-refractivity contribution >= 4 is 34.0 Å². The average molecular weight is 471 g/mol. The number of hydrogen-bond acceptors (Lipinski definition) is 9. The highest BCUT2D eigenvalue weighted by molar-refractivity contribution is 7.99. The first-order valence-corrected chi connectivity index (χ1v) is 11.6. The number of ether oxygens (including phenoxy) is 2. The summed E-state index contributed by atoms with van der Waals surface area (Å²) in [5, 5.41) is 20.6. The summed E-state index contributed by atoms with van der Waals surface area (Å²) in [7, 11) is 5.22. The summed E-state index contributed by atoms with van der Waals surface area (Å²) in [6, 6.07) is 7.68. The molecule has 4 rings (SSSR count). The van der Waals surface area contributed by atoms with Crippen molar-refractivity contribution in [3.05, 3.63) is 34.2 Å². The Morgan fingerprint density at radius 3 is 2.78 bits per heavy atom. The zero-order valence-corrected chi connectivity index (χ0v) is 19.5. The number of likely N-dealkylation sites (N-methyl/N-ethyl adjacent to an activating group) is 1. The summed E-state index contributed by atoms with van der Waals surface area (Å²) in [6.07, 6.45) is 0.824. The van der Waals surface area contributed by atoms with Gasteiger partial charge in [0.05, 0.1) is 25.5 Å². The lowest BCUT2D eigenvalue weighted by atomic mass is 10.0. The molecule has 166 valence electrons. The molecule has 1 aromatic carbocycles. The lowest BCUT2D eigenvalue weighted by Crippen LogP contribution is -2.25. The fourth-order valence-corrected chi connectivity index (χ4v) is 5.31. The van der Waals surface area contributed by atoms with Crippen LogP contribution in [-0.4, -0.2) is 59.6 Å². The van der Waals surface area contributed by atoms with Crippen LogP contribution in [0.3, 0.4) is 0 Å². The van der Waals surface area contributed by atoms with Crippen LogP contribution in [0.2, 0.25) is 0 Å². The molecule has 0 saturated heterocycles. The topological polar surface area (TPSA) is 116 Å². The molecule has 9 nitrogen and oxygen atoms in total. The van der Waals surface area contributed by atoms with Crippen LogP contribution in [0.25, 0.3) is 11.4 Å². The van der Waals surface area contributed by atoms with Crippen LogP contribution in [-0.2, 0) is 17.8 Å². The number of nitrogens with one attached hydrogen (secondary N) is 2. The monoisotopic (exact) mass is 470 g/mol. The Balaban J connectivity index is 1.41. The van der Waals surface area contributed by atoms with Crippen molar-refractivity contribution in [1.29, 1.82) is 5.26 Å². The molecule has 0 bridgehead atoms. The number of benzene rings is 1. The van der Waals surface area contributed by atoms with Crippen molar-refractivity contribution in [3.8, 4) is 29.0 Å². The van der Waals surface area contributed by atoms with Crippen molar-refractivity contribution < 1.29 is 14.3 Å². The number of rotatable bonds is 7. The van der Waals surface area contributed by atoms with E-state index in [-0.39, 0.29) is 11.7 Å². The smallest absolute Gasteiger partial charge is 0.235 e. The molecule has 3 heterocycles. The fraction of sp³-hybridized carbons (Fsp3) is 0.333. The molecule has 1 aliphatic heterocycles. The molecule has 0 spiro atoms. The third-order valence-corrected chi connectivity index (χ3v) is 7.01. The van der Waals surface area contributed by atoms with E-state index in [4.69, 9.17) is 9.47 Å². The third kappa shape index (κ3) is 4.72. The molecule has 32 heavy (non-hydrogen) atoms. The number of nitrogens with zero attached hydrogens (tertiary/aromatic N) is 4. The Morgan fingerprint density at radius 1 is 1.34 bits per heavy atom. The van der Waals surface area contributed by atoms with Crippen LogP contribution in [0.15, 0.2) is 23.4 Å². The number of thiophene rings is 1. The van der Waals surface area contributed by atoms with E-state index >= 15 is 0 Å². The van der Waals surface area contributed by atoms with Gasteiger partial charge < -0.3 is 19.7 Å². The van der Waals surface area contributed by atoms with Crippen molar-refractivity contribution in [3.63, 3.8) is 0 Å². The van der Waals surface area contributed by atoms with Gasteiger partial charge in [0.25, 0.3) is 0 Å². The van der Waals surface area contributed by atoms with E-state index in [2.05, 4.69) is 38.5 Å². The number of fused-ring (bicyclic) bond motifs is 1. The molecule has 1 amide bonds. The van der Waals surface area contributed by atoms with Gasteiger partial charge in [0.2, 0.25) is 11.1 Å². The summed E-state index contributed by atoms with van der Waals surface area (Å²) < 4.78 is 10.6. The number of carbonyl (C=O) groups is 1. The number of hydrogen-bond donors (Lipinski definition) is 2. The van der Waals surface area contributed by atoms with E-state index in [1.54, 1.807) is 20.3 Å². The van der Waals surface area contributed by atoms with Crippen LogP contribution in [0, 0.1) is 11.3 Å². The first-order valence-electron chi connectivity index (χ1n) is 9.82. The second-order valence-electron chi connectivity index (χ2n) is 7.21. The van der Waals surface area contributed by atoms with Gasteiger partial charge in [-0.1, -0.05) is 11.8 Å². The Morgan fingerprint density at radius 2 is 2.09 bits per heavy atom. The van der Waals surface area contributed by atoms with Gasteiger partial charge in [-0.15, -0.1) is 16.4 Å². The Labute approximate surface area is 193 Å². The van der Waals surface area contributed by atoms with E-state index in [9.17, 15) is 10.1 Å². The van der Waals surface area contributed by atoms with Crippen LogP contribution in [0.5, 0.6) is 11.5 Å². The average Bonchev–Trinajstić information content (AvgIpc) is 3.41. The predicted molar refractivity (Wildman–Crippen MR) is 123 cm³/mol. The number of nitriles is 1. The molecule has 3 aromatic rings. The molecular formula is C21H22N6O3S2. The van der Waals surface area contributed by atoms with Crippen LogP contribution >= 0.6 is 23.1 Å². The highest BCUT2D eigenvalue weighted by Gasteiger charge is 2.24. The zero-order chi connectivity index (χ0) is 22.7. The molecule has 11 heteroatoms. The van der Waals surface area contributed by atoms with Gasteiger partial charge in [-0.2, -0.15) is 5.26 Å². The number of anilines is 1. The lowest BCUT2D eigenvalue weighted by Gasteiger charge is -2.21. The summed E-state index contributed by atoms with van der Waals surface area (Å²) >= 11 is 2.70. The summed E-state index contributed by atoms with van der Waals surface area (Å²) in [5.41, 5.74) is 2.41. The lowest BCUT2D eigenvalue weighted by molar-refractivity contribution is -0.113. The summed E-state index contributed by atoms with van der Waals surface area (Å²) in [4.78, 5) is 20.3. The normalized spacial score (nSPS) is 13.3. The Kier molecular flexibility index (Phi) is 6.64. The van der Waals surface area contributed by atoms with Crippen LogP contribution in [0.4, 0.5) is 5.00 Å². The van der Waals surface area contributed by atoms with Crippen molar-refractivity contribution in [1.82, 2.24) is 20.1 Å².